The van der Waals surface area contributed by atoms with Gasteiger partial charge < -0.3 is 9.22 Å². The van der Waals surface area contributed by atoms with Crippen LogP contribution in [0.3, 0.4) is 0 Å². The van der Waals surface area contributed by atoms with Gasteiger partial charge >= 0.3 is 9.17 Å². The molecule has 54 valence electrons. The largest absolute Gasteiger partial charge is 0.764 e. The summed E-state index contributed by atoms with van der Waals surface area (Å²) < 4.78 is 14.6. The first-order chi connectivity index (χ1) is 4.16. The molecule has 0 heterocycles. The van der Waals surface area contributed by atoms with E-state index in [9.17, 15) is 4.46 Å². The van der Waals surface area contributed by atoms with Crippen LogP contribution in [0.2, 0.25) is 0 Å². The molecule has 0 rings (SSSR count). The van der Waals surface area contributed by atoms with Gasteiger partial charge in [0.15, 0.2) is 0 Å². The predicted molar refractivity (Wildman–Crippen MR) is 34.1 cm³/mol. The fourth-order valence-corrected chi connectivity index (χ4v) is 1.10. The minimum Gasteiger partial charge on any atom is -0.511 e. The van der Waals surface area contributed by atoms with Gasteiger partial charge in [0.1, 0.15) is 0 Å². The average Bonchev–Trinajstić information content (AvgIpc) is 1.63. The molecule has 0 aromatic carbocycles. The van der Waals surface area contributed by atoms with E-state index in [-0.39, 0.29) is 6.10 Å². The Balaban J connectivity index is 3.26. The quantitative estimate of drug-likeness (QED) is 0.594. The highest BCUT2D eigenvalue weighted by Crippen LogP contribution is 1.98. The first-order valence-electron chi connectivity index (χ1n) is 3.06. The lowest BCUT2D eigenvalue weighted by Gasteiger charge is -2.07. The van der Waals surface area contributed by atoms with Crippen molar-refractivity contribution in [3.8, 4) is 0 Å². The Morgan fingerprint density at radius 2 is 2.33 bits per heavy atom. The summed E-state index contributed by atoms with van der Waals surface area (Å²) in [5.74, 6) is 0. The molecular formula is C5H12O3Si. The molecule has 0 saturated heterocycles. The van der Waals surface area contributed by atoms with E-state index < -0.39 is 9.17 Å². The maximum Gasteiger partial charge on any atom is 0.764 e. The Hall–Kier alpha value is -0.383. The molecule has 1 unspecified atom stereocenters. The van der Waals surface area contributed by atoms with Crippen LogP contribution in [0, 0.1) is 0 Å². The van der Waals surface area contributed by atoms with Gasteiger partial charge in [0.2, 0.25) is 0 Å². The summed E-state index contributed by atoms with van der Waals surface area (Å²) in [5, 5.41) is 0. The molecule has 0 spiro atoms. The Labute approximate surface area is 56.6 Å². The number of hydrogen-bond donors (Lipinski definition) is 1. The van der Waals surface area contributed by atoms with E-state index in [1.54, 1.807) is 6.92 Å². The lowest BCUT2D eigenvalue weighted by atomic mass is 10.2. The molecule has 0 aliphatic carbocycles. The summed E-state index contributed by atoms with van der Waals surface area (Å²) in [6.07, 6.45) is 1.75. The Morgan fingerprint density at radius 1 is 1.78 bits per heavy atom. The van der Waals surface area contributed by atoms with E-state index >= 15 is 0 Å². The lowest BCUT2D eigenvalue weighted by Crippen LogP contribution is -2.15. The second kappa shape index (κ2) is 4.49. The van der Waals surface area contributed by atoms with Crippen molar-refractivity contribution in [2.24, 2.45) is 0 Å². The van der Waals surface area contributed by atoms with Crippen LogP contribution in [0.4, 0.5) is 0 Å². The monoisotopic (exact) mass is 148 g/mol. The van der Waals surface area contributed by atoms with Crippen molar-refractivity contribution < 1.29 is 13.7 Å². The highest BCUT2D eigenvalue weighted by molar-refractivity contribution is 6.24. The summed E-state index contributed by atoms with van der Waals surface area (Å²) >= 11 is 0. The zero-order valence-electron chi connectivity index (χ0n) is 5.76. The first kappa shape index (κ1) is 8.62. The van der Waals surface area contributed by atoms with Crippen LogP contribution in [-0.2, 0) is 8.89 Å². The maximum atomic E-state index is 10.0. The standard InChI is InChI=1S/C5H12O3Si/c1-3-4-5(2)8-9(6)7/h5-6H,3-4H2,1-2H3. The molecule has 0 saturated carbocycles. The molecule has 4 heteroatoms. The van der Waals surface area contributed by atoms with Crippen LogP contribution >= 0.6 is 0 Å². The van der Waals surface area contributed by atoms with E-state index in [2.05, 4.69) is 4.43 Å². The molecule has 0 amide bonds. The van der Waals surface area contributed by atoms with Crippen molar-refractivity contribution >= 4 is 9.17 Å². The van der Waals surface area contributed by atoms with Crippen LogP contribution in [0.1, 0.15) is 26.7 Å². The molecule has 1 N–H and O–H groups in total. The van der Waals surface area contributed by atoms with Gasteiger partial charge in [0.05, 0.1) is 6.10 Å². The first-order valence-corrected chi connectivity index (χ1v) is 4.32. The van der Waals surface area contributed by atoms with E-state index in [4.69, 9.17) is 4.80 Å². The summed E-state index contributed by atoms with van der Waals surface area (Å²) in [5.41, 5.74) is 0. The Kier molecular flexibility index (Phi) is 4.30. The zero-order valence-corrected chi connectivity index (χ0v) is 6.76. The molecule has 0 aliphatic heterocycles. The van der Waals surface area contributed by atoms with Crippen LogP contribution in [0.25, 0.3) is 0 Å². The molecule has 0 aromatic rings. The van der Waals surface area contributed by atoms with Crippen LogP contribution < -0.4 is 0 Å². The van der Waals surface area contributed by atoms with Gasteiger partial charge in [-0.3, -0.25) is 4.46 Å². The normalized spacial score (nSPS) is 12.7. The van der Waals surface area contributed by atoms with Crippen molar-refractivity contribution in [2.45, 2.75) is 32.8 Å². The van der Waals surface area contributed by atoms with Gasteiger partial charge in [-0.2, -0.15) is 0 Å². The molecule has 1 atom stereocenters. The smallest absolute Gasteiger partial charge is 0.511 e. The van der Waals surface area contributed by atoms with Crippen molar-refractivity contribution in [2.75, 3.05) is 0 Å². The Morgan fingerprint density at radius 3 is 2.67 bits per heavy atom. The van der Waals surface area contributed by atoms with Crippen molar-refractivity contribution in [3.63, 3.8) is 0 Å². The fraction of sp³-hybridized carbons (Fsp3) is 1.00. The van der Waals surface area contributed by atoms with Gasteiger partial charge in [-0.15, -0.1) is 0 Å². The molecule has 3 nitrogen and oxygen atoms in total. The van der Waals surface area contributed by atoms with E-state index in [0.717, 1.165) is 12.8 Å². The third-order valence-corrected chi connectivity index (χ3v) is 1.60. The van der Waals surface area contributed by atoms with Crippen LogP contribution in [0.5, 0.6) is 0 Å². The van der Waals surface area contributed by atoms with Crippen molar-refractivity contribution in [1.29, 1.82) is 0 Å². The molecule has 9 heavy (non-hydrogen) atoms. The fourth-order valence-electron chi connectivity index (χ4n) is 0.638. The van der Waals surface area contributed by atoms with E-state index in [1.165, 1.54) is 0 Å². The third-order valence-electron chi connectivity index (χ3n) is 0.997. The van der Waals surface area contributed by atoms with Crippen LogP contribution in [0.15, 0.2) is 0 Å². The molecular weight excluding hydrogens is 136 g/mol. The van der Waals surface area contributed by atoms with E-state index in [1.807, 2.05) is 6.92 Å². The summed E-state index contributed by atoms with van der Waals surface area (Å²) in [7, 11) is -2.71. The van der Waals surface area contributed by atoms with Gasteiger partial charge in [0.25, 0.3) is 0 Å². The van der Waals surface area contributed by atoms with Gasteiger partial charge in [0, 0.05) is 0 Å². The summed E-state index contributed by atoms with van der Waals surface area (Å²) in [6, 6.07) is 0. The maximum absolute atomic E-state index is 10.0. The molecule has 0 fully saturated rings. The van der Waals surface area contributed by atoms with E-state index in [0.29, 0.717) is 0 Å². The summed E-state index contributed by atoms with van der Waals surface area (Å²) in [6.45, 7) is 3.80. The third kappa shape index (κ3) is 5.49. The minimum absolute atomic E-state index is 0.0774. The van der Waals surface area contributed by atoms with Gasteiger partial charge in [-0.1, -0.05) is 13.3 Å². The number of rotatable bonds is 4. The number of hydrogen-bond acceptors (Lipinski definition) is 2. The van der Waals surface area contributed by atoms with Gasteiger partial charge in [-0.25, -0.2) is 0 Å². The van der Waals surface area contributed by atoms with Crippen molar-refractivity contribution in [3.05, 3.63) is 0 Å². The highest BCUT2D eigenvalue weighted by Gasteiger charge is 2.08. The SMILES string of the molecule is CCCC(C)O[Si](=O)O. The second-order valence-electron chi connectivity index (χ2n) is 1.98. The topological polar surface area (TPSA) is 46.5 Å². The highest BCUT2D eigenvalue weighted by atomic mass is 28.3. The zero-order chi connectivity index (χ0) is 7.28. The molecule has 0 aliphatic rings. The van der Waals surface area contributed by atoms with Crippen molar-refractivity contribution in [1.82, 2.24) is 0 Å². The lowest BCUT2D eigenvalue weighted by molar-refractivity contribution is 0.152. The Bertz CT molecular complexity index is 94.2. The molecule has 0 radical (unpaired) electrons. The minimum atomic E-state index is -2.71. The van der Waals surface area contributed by atoms with Crippen LogP contribution in [-0.4, -0.2) is 20.1 Å². The molecule has 0 aromatic heterocycles. The second-order valence-corrected chi connectivity index (χ2v) is 2.75. The average molecular weight is 148 g/mol. The van der Waals surface area contributed by atoms with Gasteiger partial charge in [-0.05, 0) is 13.3 Å². The predicted octanol–water partition coefficient (Wildman–Crippen LogP) is 0.599. The summed E-state index contributed by atoms with van der Waals surface area (Å²) in [4.78, 5) is 8.27. The molecule has 0 bridgehead atoms.